The average Bonchev–Trinajstić information content (AvgIpc) is 2.80. The molecule has 0 saturated carbocycles. The van der Waals surface area contributed by atoms with Crippen molar-refractivity contribution < 1.29 is 35.1 Å². The summed E-state index contributed by atoms with van der Waals surface area (Å²) in [5, 5.41) is -0.958. The van der Waals surface area contributed by atoms with Crippen LogP contribution in [0, 0.1) is 46.5 Å². The van der Waals surface area contributed by atoms with Gasteiger partial charge >= 0.3 is 0 Å². The van der Waals surface area contributed by atoms with Crippen molar-refractivity contribution in [3.63, 3.8) is 0 Å². The second-order valence-corrected chi connectivity index (χ2v) is 7.60. The van der Waals surface area contributed by atoms with E-state index in [9.17, 15) is 26.3 Å². The van der Waals surface area contributed by atoms with Gasteiger partial charge in [0.05, 0.1) is 0 Å². The zero-order valence-electron chi connectivity index (χ0n) is 16.8. The molecule has 0 heterocycles. The van der Waals surface area contributed by atoms with Crippen LogP contribution in [0.15, 0.2) is 60.7 Å². The van der Waals surface area contributed by atoms with Crippen LogP contribution >= 0.6 is 0 Å². The van der Waals surface area contributed by atoms with Gasteiger partial charge in [0, 0.05) is 21.9 Å². The molecule has 0 aliphatic carbocycles. The largest absolute Gasteiger partial charge is 0.207 e. The second kappa shape index (κ2) is 7.83. The van der Waals surface area contributed by atoms with Crippen molar-refractivity contribution in [1.82, 2.24) is 0 Å². The van der Waals surface area contributed by atoms with E-state index in [-0.39, 0.29) is 33.0 Å². The highest BCUT2D eigenvalue weighted by molar-refractivity contribution is 6.21. The van der Waals surface area contributed by atoms with Crippen LogP contribution in [0.2, 0.25) is 0 Å². The Morgan fingerprint density at radius 1 is 0.382 bits per heavy atom. The summed E-state index contributed by atoms with van der Waals surface area (Å²) in [5.41, 5.74) is -0.815. The van der Waals surface area contributed by atoms with Crippen LogP contribution in [0.4, 0.5) is 35.1 Å². The Balaban J connectivity index is 2.07. The minimum Gasteiger partial charge on any atom is -0.207 e. The third kappa shape index (κ3) is 3.29. The molecule has 0 bridgehead atoms. The molecule has 8 heteroatoms. The SMILES string of the molecule is Fc1ccc2c(-c3ccc(F)c(F)c3)c3c(F)ccc(F)c3c(-c3cc(F)c(F)c(F)c3)c2c1. The lowest BCUT2D eigenvalue weighted by Gasteiger charge is -2.19. The quantitative estimate of drug-likeness (QED) is 0.137. The fraction of sp³-hybridized carbons (Fsp3) is 0. The summed E-state index contributed by atoms with van der Waals surface area (Å²) in [6.07, 6.45) is 0. The van der Waals surface area contributed by atoms with Crippen LogP contribution in [0.5, 0.6) is 0 Å². The summed E-state index contributed by atoms with van der Waals surface area (Å²) in [4.78, 5) is 0. The van der Waals surface area contributed by atoms with Gasteiger partial charge in [0.1, 0.15) is 17.5 Å². The first kappa shape index (κ1) is 21.9. The molecule has 5 aromatic carbocycles. The monoisotopic (exact) mass is 474 g/mol. The molecular weight excluding hydrogens is 464 g/mol. The van der Waals surface area contributed by atoms with Crippen LogP contribution in [-0.2, 0) is 0 Å². The van der Waals surface area contributed by atoms with Crippen LogP contribution in [0.3, 0.4) is 0 Å². The minimum atomic E-state index is -1.77. The maximum atomic E-state index is 15.2. The summed E-state index contributed by atoms with van der Waals surface area (Å²) in [5.74, 6) is -10.2. The Labute approximate surface area is 186 Å². The number of fused-ring (bicyclic) bond motifs is 2. The summed E-state index contributed by atoms with van der Waals surface area (Å²) < 4.78 is 114. The van der Waals surface area contributed by atoms with Crippen molar-refractivity contribution in [2.75, 3.05) is 0 Å². The topological polar surface area (TPSA) is 0 Å². The van der Waals surface area contributed by atoms with E-state index in [1.165, 1.54) is 6.07 Å². The molecule has 34 heavy (non-hydrogen) atoms. The highest BCUT2D eigenvalue weighted by Gasteiger charge is 2.24. The van der Waals surface area contributed by atoms with Gasteiger partial charge in [0.15, 0.2) is 29.1 Å². The zero-order chi connectivity index (χ0) is 24.3. The van der Waals surface area contributed by atoms with Crippen LogP contribution in [-0.4, -0.2) is 0 Å². The molecule has 0 aromatic heterocycles. The van der Waals surface area contributed by atoms with Crippen LogP contribution in [0.1, 0.15) is 0 Å². The van der Waals surface area contributed by atoms with E-state index in [2.05, 4.69) is 0 Å². The summed E-state index contributed by atoms with van der Waals surface area (Å²) in [7, 11) is 0. The Morgan fingerprint density at radius 3 is 1.50 bits per heavy atom. The van der Waals surface area contributed by atoms with Gasteiger partial charge in [-0.1, -0.05) is 12.1 Å². The Bertz CT molecular complexity index is 1620. The number of hydrogen-bond donors (Lipinski definition) is 0. The summed E-state index contributed by atoms with van der Waals surface area (Å²) >= 11 is 0. The molecule has 0 amide bonds. The van der Waals surface area contributed by atoms with E-state index in [1.54, 1.807) is 0 Å². The number of benzene rings is 5. The van der Waals surface area contributed by atoms with Gasteiger partial charge < -0.3 is 0 Å². The molecule has 0 saturated heterocycles. The maximum Gasteiger partial charge on any atom is 0.194 e. The van der Waals surface area contributed by atoms with Crippen molar-refractivity contribution in [2.24, 2.45) is 0 Å². The lowest BCUT2D eigenvalue weighted by atomic mass is 9.85. The maximum absolute atomic E-state index is 15.2. The van der Waals surface area contributed by atoms with Gasteiger partial charge in [-0.15, -0.1) is 0 Å². The first-order chi connectivity index (χ1) is 16.2. The molecule has 0 fully saturated rings. The van der Waals surface area contributed by atoms with Crippen molar-refractivity contribution in [3.05, 3.63) is 107 Å². The van der Waals surface area contributed by atoms with Gasteiger partial charge in [-0.3, -0.25) is 0 Å². The molecule has 170 valence electrons. The van der Waals surface area contributed by atoms with E-state index in [1.807, 2.05) is 0 Å². The Hall–Kier alpha value is -3.94. The third-order valence-electron chi connectivity index (χ3n) is 5.60. The van der Waals surface area contributed by atoms with E-state index in [0.717, 1.165) is 42.5 Å². The van der Waals surface area contributed by atoms with Crippen LogP contribution < -0.4 is 0 Å². The molecule has 5 rings (SSSR count). The predicted octanol–water partition coefficient (Wildman–Crippen LogP) is 8.44. The molecule has 0 aliphatic rings. The van der Waals surface area contributed by atoms with E-state index < -0.39 is 57.3 Å². The number of halogens is 8. The fourth-order valence-corrected chi connectivity index (χ4v) is 4.20. The van der Waals surface area contributed by atoms with Crippen LogP contribution in [0.25, 0.3) is 43.8 Å². The lowest BCUT2D eigenvalue weighted by molar-refractivity contribution is 0.448. The standard InChI is InChI=1S/C26H10F8/c27-13-2-3-14-15(10-13)23(12-8-20(32)26(34)21(33)9-12)25-18(30)6-5-17(29)24(25)22(14)11-1-4-16(28)19(31)7-11/h1-10H. The predicted molar refractivity (Wildman–Crippen MR) is 112 cm³/mol. The van der Waals surface area contributed by atoms with E-state index in [0.29, 0.717) is 12.1 Å². The van der Waals surface area contributed by atoms with Gasteiger partial charge in [-0.05, 0) is 70.4 Å². The van der Waals surface area contributed by atoms with Gasteiger partial charge in [-0.25, -0.2) is 35.1 Å². The number of hydrogen-bond acceptors (Lipinski definition) is 0. The van der Waals surface area contributed by atoms with Crippen molar-refractivity contribution in [1.29, 1.82) is 0 Å². The average molecular weight is 474 g/mol. The van der Waals surface area contributed by atoms with Crippen molar-refractivity contribution >= 4 is 21.5 Å². The van der Waals surface area contributed by atoms with Crippen molar-refractivity contribution in [2.45, 2.75) is 0 Å². The molecular formula is C26H10F8. The third-order valence-corrected chi connectivity index (χ3v) is 5.60. The fourth-order valence-electron chi connectivity index (χ4n) is 4.20. The molecule has 0 nitrogen and oxygen atoms in total. The Kier molecular flexibility index (Phi) is 5.04. The van der Waals surface area contributed by atoms with Gasteiger partial charge in [-0.2, -0.15) is 0 Å². The lowest BCUT2D eigenvalue weighted by Crippen LogP contribution is -1.98. The molecule has 0 atom stereocenters. The summed E-state index contributed by atoms with van der Waals surface area (Å²) in [6, 6.07) is 8.56. The van der Waals surface area contributed by atoms with E-state index >= 15 is 8.78 Å². The number of rotatable bonds is 2. The second-order valence-electron chi connectivity index (χ2n) is 7.60. The molecule has 0 unspecified atom stereocenters. The molecule has 5 aromatic rings. The van der Waals surface area contributed by atoms with E-state index in [4.69, 9.17) is 0 Å². The smallest absolute Gasteiger partial charge is 0.194 e. The minimum absolute atomic E-state index is 0.0481. The van der Waals surface area contributed by atoms with Gasteiger partial charge in [0.2, 0.25) is 0 Å². The Morgan fingerprint density at radius 2 is 0.912 bits per heavy atom. The highest BCUT2D eigenvalue weighted by atomic mass is 19.2. The molecule has 0 N–H and O–H groups in total. The first-order valence-corrected chi connectivity index (χ1v) is 9.80. The first-order valence-electron chi connectivity index (χ1n) is 9.80. The molecule has 0 radical (unpaired) electrons. The molecule has 0 aliphatic heterocycles. The van der Waals surface area contributed by atoms with Crippen molar-refractivity contribution in [3.8, 4) is 22.3 Å². The summed E-state index contributed by atoms with van der Waals surface area (Å²) in [6.45, 7) is 0. The normalized spacial score (nSPS) is 11.5. The highest BCUT2D eigenvalue weighted by Crippen LogP contribution is 2.46. The molecule has 0 spiro atoms. The van der Waals surface area contributed by atoms with Gasteiger partial charge in [0.25, 0.3) is 0 Å². The zero-order valence-corrected chi connectivity index (χ0v) is 16.8.